The zero-order valence-corrected chi connectivity index (χ0v) is 12.2. The molecule has 0 heterocycles. The number of nitrogens with one attached hydrogen (secondary N) is 1. The molecule has 0 radical (unpaired) electrons. The zero-order valence-electron chi connectivity index (χ0n) is 12.2. The lowest BCUT2D eigenvalue weighted by molar-refractivity contribution is -0.153. The molecule has 5 nitrogen and oxygen atoms in total. The van der Waals surface area contributed by atoms with Gasteiger partial charge >= 0.3 is 5.97 Å². The van der Waals surface area contributed by atoms with Gasteiger partial charge in [-0.05, 0) is 17.7 Å². The molecule has 22 heavy (non-hydrogen) atoms. The summed E-state index contributed by atoms with van der Waals surface area (Å²) >= 11 is 0. The Kier molecular flexibility index (Phi) is 5.68. The van der Waals surface area contributed by atoms with Crippen LogP contribution in [0.5, 0.6) is 5.75 Å². The Morgan fingerprint density at radius 3 is 2.18 bits per heavy atom. The summed E-state index contributed by atoms with van der Waals surface area (Å²) < 4.78 is 10.7. The molecule has 2 aromatic rings. The number of carbonyl (C=O) groups is 2. The van der Waals surface area contributed by atoms with E-state index < -0.39 is 12.2 Å². The van der Waals surface area contributed by atoms with Gasteiger partial charge in [0, 0.05) is 6.92 Å². The first-order valence-electron chi connectivity index (χ1n) is 6.84. The summed E-state index contributed by atoms with van der Waals surface area (Å²) in [6, 6.07) is 18.0. The molecular weight excluding hydrogens is 282 g/mol. The quantitative estimate of drug-likeness (QED) is 0.505. The van der Waals surface area contributed by atoms with Crippen molar-refractivity contribution in [1.82, 2.24) is 5.32 Å². The maximum atomic E-state index is 12.1. The van der Waals surface area contributed by atoms with Crippen LogP contribution in [0.25, 0.3) is 0 Å². The second-order valence-electron chi connectivity index (χ2n) is 4.61. The molecule has 1 amide bonds. The van der Waals surface area contributed by atoms with Crippen LogP contribution >= 0.6 is 0 Å². The molecule has 0 spiro atoms. The van der Waals surface area contributed by atoms with Crippen molar-refractivity contribution in [2.45, 2.75) is 19.8 Å². The highest BCUT2D eigenvalue weighted by Gasteiger charge is 2.22. The average Bonchev–Trinajstić information content (AvgIpc) is 2.53. The molecule has 1 unspecified atom stereocenters. The first-order valence-corrected chi connectivity index (χ1v) is 6.84. The van der Waals surface area contributed by atoms with Crippen molar-refractivity contribution < 1.29 is 19.1 Å². The van der Waals surface area contributed by atoms with Crippen LogP contribution in [0.1, 0.15) is 12.5 Å². The Balaban J connectivity index is 1.98. The van der Waals surface area contributed by atoms with E-state index in [-0.39, 0.29) is 12.5 Å². The third kappa shape index (κ3) is 5.03. The zero-order chi connectivity index (χ0) is 15.8. The third-order valence-electron chi connectivity index (χ3n) is 2.77. The molecule has 5 heteroatoms. The number of amides is 1. The lowest BCUT2D eigenvalue weighted by Crippen LogP contribution is -2.43. The fourth-order valence-corrected chi connectivity index (χ4v) is 1.77. The SMILES string of the molecule is CC(=O)NC(OCc1ccccc1)C(=O)Oc1ccccc1. The van der Waals surface area contributed by atoms with Crippen LogP contribution in [0.15, 0.2) is 60.7 Å². The largest absolute Gasteiger partial charge is 0.423 e. The van der Waals surface area contributed by atoms with Crippen molar-refractivity contribution in [3.05, 3.63) is 66.2 Å². The number of ether oxygens (including phenoxy) is 2. The second kappa shape index (κ2) is 7.95. The maximum absolute atomic E-state index is 12.1. The van der Waals surface area contributed by atoms with Crippen molar-refractivity contribution in [3.8, 4) is 5.75 Å². The van der Waals surface area contributed by atoms with Gasteiger partial charge in [0.2, 0.25) is 12.1 Å². The monoisotopic (exact) mass is 299 g/mol. The molecule has 0 aliphatic rings. The van der Waals surface area contributed by atoms with Gasteiger partial charge in [-0.3, -0.25) is 4.79 Å². The van der Waals surface area contributed by atoms with Gasteiger partial charge in [-0.15, -0.1) is 0 Å². The van der Waals surface area contributed by atoms with Crippen LogP contribution < -0.4 is 10.1 Å². The van der Waals surface area contributed by atoms with Crippen molar-refractivity contribution >= 4 is 11.9 Å². The summed E-state index contributed by atoms with van der Waals surface area (Å²) in [4.78, 5) is 23.3. The normalized spacial score (nSPS) is 11.5. The lowest BCUT2D eigenvalue weighted by atomic mass is 10.2. The van der Waals surface area contributed by atoms with Gasteiger partial charge in [-0.25, -0.2) is 4.79 Å². The predicted octanol–water partition coefficient (Wildman–Crippen LogP) is 2.27. The third-order valence-corrected chi connectivity index (χ3v) is 2.77. The van der Waals surface area contributed by atoms with Crippen molar-refractivity contribution in [1.29, 1.82) is 0 Å². The van der Waals surface area contributed by atoms with Crippen LogP contribution in [0.3, 0.4) is 0 Å². The summed E-state index contributed by atoms with van der Waals surface area (Å²) in [5.41, 5.74) is 0.894. The summed E-state index contributed by atoms with van der Waals surface area (Å²) in [6.07, 6.45) is -1.15. The van der Waals surface area contributed by atoms with Crippen LogP contribution in [0, 0.1) is 0 Å². The minimum atomic E-state index is -1.15. The second-order valence-corrected chi connectivity index (χ2v) is 4.61. The van der Waals surface area contributed by atoms with E-state index in [0.717, 1.165) is 5.56 Å². The highest BCUT2D eigenvalue weighted by atomic mass is 16.6. The van der Waals surface area contributed by atoms with Crippen LogP contribution in [-0.4, -0.2) is 18.1 Å². The number of carbonyl (C=O) groups excluding carboxylic acids is 2. The van der Waals surface area contributed by atoms with Gasteiger partial charge in [0.15, 0.2) is 0 Å². The number of hydrogen-bond acceptors (Lipinski definition) is 4. The Bertz CT molecular complexity index is 613. The van der Waals surface area contributed by atoms with E-state index in [9.17, 15) is 9.59 Å². The summed E-state index contributed by atoms with van der Waals surface area (Å²) in [6.45, 7) is 1.50. The fourth-order valence-electron chi connectivity index (χ4n) is 1.77. The Labute approximate surface area is 128 Å². The molecule has 2 aromatic carbocycles. The maximum Gasteiger partial charge on any atom is 0.361 e. The highest BCUT2D eigenvalue weighted by Crippen LogP contribution is 2.10. The first-order chi connectivity index (χ1) is 10.6. The van der Waals surface area contributed by atoms with E-state index in [1.54, 1.807) is 24.3 Å². The van der Waals surface area contributed by atoms with E-state index in [0.29, 0.717) is 5.75 Å². The molecule has 2 rings (SSSR count). The van der Waals surface area contributed by atoms with Crippen molar-refractivity contribution in [3.63, 3.8) is 0 Å². The van der Waals surface area contributed by atoms with Crippen LogP contribution in [0.2, 0.25) is 0 Å². The molecule has 0 aromatic heterocycles. The topological polar surface area (TPSA) is 64.6 Å². The summed E-state index contributed by atoms with van der Waals surface area (Å²) in [5.74, 6) is -0.647. The van der Waals surface area contributed by atoms with Gasteiger partial charge < -0.3 is 14.8 Å². The van der Waals surface area contributed by atoms with Gasteiger partial charge in [0.05, 0.1) is 6.61 Å². The number of benzene rings is 2. The van der Waals surface area contributed by atoms with E-state index in [4.69, 9.17) is 9.47 Å². The molecule has 0 fully saturated rings. The summed E-state index contributed by atoms with van der Waals surface area (Å²) in [7, 11) is 0. The molecule has 0 saturated carbocycles. The fraction of sp³-hybridized carbons (Fsp3) is 0.176. The van der Waals surface area contributed by atoms with E-state index in [1.165, 1.54) is 6.92 Å². The van der Waals surface area contributed by atoms with Gasteiger partial charge in [-0.2, -0.15) is 0 Å². The van der Waals surface area contributed by atoms with Crippen molar-refractivity contribution in [2.75, 3.05) is 0 Å². The van der Waals surface area contributed by atoms with E-state index in [1.807, 2.05) is 36.4 Å². The lowest BCUT2D eigenvalue weighted by Gasteiger charge is -2.17. The number of para-hydroxylation sites is 1. The number of rotatable bonds is 6. The standard InChI is InChI=1S/C17H17NO4/c1-13(19)18-16(21-12-14-8-4-2-5-9-14)17(20)22-15-10-6-3-7-11-15/h2-11,16H,12H2,1H3,(H,18,19). The first kappa shape index (κ1) is 15.7. The molecule has 1 atom stereocenters. The average molecular weight is 299 g/mol. The minimum Gasteiger partial charge on any atom is -0.423 e. The minimum absolute atomic E-state index is 0.190. The smallest absolute Gasteiger partial charge is 0.361 e. The molecule has 0 bridgehead atoms. The molecular formula is C17H17NO4. The van der Waals surface area contributed by atoms with Gasteiger partial charge in [0.25, 0.3) is 0 Å². The van der Waals surface area contributed by atoms with Gasteiger partial charge in [-0.1, -0.05) is 48.5 Å². The number of esters is 1. The Morgan fingerprint density at radius 2 is 1.59 bits per heavy atom. The van der Waals surface area contributed by atoms with Crippen molar-refractivity contribution in [2.24, 2.45) is 0 Å². The molecule has 0 aliphatic heterocycles. The van der Waals surface area contributed by atoms with E-state index in [2.05, 4.69) is 5.32 Å². The molecule has 114 valence electrons. The Hall–Kier alpha value is -2.66. The summed E-state index contributed by atoms with van der Waals surface area (Å²) in [5, 5.41) is 2.43. The van der Waals surface area contributed by atoms with Crippen LogP contribution in [-0.2, 0) is 20.9 Å². The molecule has 0 saturated heterocycles. The predicted molar refractivity (Wildman–Crippen MR) is 80.9 cm³/mol. The van der Waals surface area contributed by atoms with Gasteiger partial charge in [0.1, 0.15) is 5.75 Å². The van der Waals surface area contributed by atoms with Crippen LogP contribution in [0.4, 0.5) is 0 Å². The van der Waals surface area contributed by atoms with E-state index >= 15 is 0 Å². The Morgan fingerprint density at radius 1 is 1.00 bits per heavy atom. The number of hydrogen-bond donors (Lipinski definition) is 1. The molecule has 0 aliphatic carbocycles. The molecule has 1 N–H and O–H groups in total. The highest BCUT2D eigenvalue weighted by molar-refractivity contribution is 5.83.